The molecule has 0 radical (unpaired) electrons. The summed E-state index contributed by atoms with van der Waals surface area (Å²) in [6, 6.07) is 3.60. The van der Waals surface area contributed by atoms with Gasteiger partial charge >= 0.3 is 5.97 Å². The van der Waals surface area contributed by atoms with Gasteiger partial charge in [-0.1, -0.05) is 19.9 Å². The smallest absolute Gasteiger partial charge is 0.311 e. The van der Waals surface area contributed by atoms with Crippen LogP contribution in [0.3, 0.4) is 0 Å². The van der Waals surface area contributed by atoms with Gasteiger partial charge in [-0.2, -0.15) is 0 Å². The van der Waals surface area contributed by atoms with Crippen LogP contribution in [0.1, 0.15) is 31.2 Å². The number of nitrogens with zero attached hydrogens (tertiary/aromatic N) is 1. The van der Waals surface area contributed by atoms with Crippen molar-refractivity contribution in [2.75, 3.05) is 7.11 Å². The lowest BCUT2D eigenvalue weighted by atomic mass is 9.87. The Hall–Kier alpha value is -1.42. The van der Waals surface area contributed by atoms with Crippen LogP contribution in [0.4, 0.5) is 0 Å². The number of esters is 1. The molecule has 0 bridgehead atoms. The first-order chi connectivity index (χ1) is 7.97. The summed E-state index contributed by atoms with van der Waals surface area (Å²) in [6.45, 7) is 5.63. The fourth-order valence-corrected chi connectivity index (χ4v) is 1.76. The molecular formula is C13H19NO3. The van der Waals surface area contributed by atoms with E-state index in [1.54, 1.807) is 12.3 Å². The summed E-state index contributed by atoms with van der Waals surface area (Å²) in [7, 11) is 1.33. The Morgan fingerprint density at radius 2 is 2.06 bits per heavy atom. The van der Waals surface area contributed by atoms with E-state index in [1.165, 1.54) is 7.11 Å². The maximum Gasteiger partial charge on any atom is 0.311 e. The molecule has 0 aliphatic carbocycles. The summed E-state index contributed by atoms with van der Waals surface area (Å²) in [5, 5.41) is 10.2. The first-order valence-electron chi connectivity index (χ1n) is 5.65. The van der Waals surface area contributed by atoms with Crippen molar-refractivity contribution >= 4 is 5.97 Å². The van der Waals surface area contributed by atoms with Crippen molar-refractivity contribution in [3.63, 3.8) is 0 Å². The number of methoxy groups -OCH3 is 1. The number of aliphatic hydroxyl groups excluding tert-OH is 1. The Balaban J connectivity index is 2.95. The first kappa shape index (κ1) is 13.6. The monoisotopic (exact) mass is 237 g/mol. The van der Waals surface area contributed by atoms with Crippen molar-refractivity contribution in [3.05, 3.63) is 29.6 Å². The number of carbonyl (C=O) groups is 1. The highest BCUT2D eigenvalue weighted by Gasteiger charge is 2.31. The molecule has 0 fully saturated rings. The highest BCUT2D eigenvalue weighted by atomic mass is 16.5. The van der Waals surface area contributed by atoms with Gasteiger partial charge in [0, 0.05) is 11.9 Å². The number of ether oxygens (including phenoxy) is 1. The molecule has 1 N–H and O–H groups in total. The van der Waals surface area contributed by atoms with Crippen molar-refractivity contribution in [1.82, 2.24) is 4.98 Å². The second-order valence-electron chi connectivity index (χ2n) is 4.47. The Morgan fingerprint density at radius 3 is 2.47 bits per heavy atom. The molecule has 0 saturated carbocycles. The highest BCUT2D eigenvalue weighted by molar-refractivity contribution is 5.73. The van der Waals surface area contributed by atoms with Crippen LogP contribution in [0.5, 0.6) is 0 Å². The maximum absolute atomic E-state index is 11.6. The molecule has 1 aromatic rings. The standard InChI is InChI=1S/C13H19NO3/c1-8(2)11(13(16)17-4)12(15)10-6-5-9(3)14-7-10/h5-8,11-12,15H,1-4H3. The van der Waals surface area contributed by atoms with Gasteiger partial charge in [0.25, 0.3) is 0 Å². The second kappa shape index (κ2) is 5.77. The zero-order valence-corrected chi connectivity index (χ0v) is 10.7. The van der Waals surface area contributed by atoms with Crippen molar-refractivity contribution in [1.29, 1.82) is 0 Å². The van der Waals surface area contributed by atoms with Crippen LogP contribution >= 0.6 is 0 Å². The summed E-state index contributed by atoms with van der Waals surface area (Å²) < 4.78 is 4.72. The number of aromatic nitrogens is 1. The quantitative estimate of drug-likeness (QED) is 0.812. The molecule has 1 rings (SSSR count). The Bertz CT molecular complexity index is 373. The summed E-state index contributed by atoms with van der Waals surface area (Å²) in [5.74, 6) is -0.962. The lowest BCUT2D eigenvalue weighted by Crippen LogP contribution is -2.28. The molecule has 0 aromatic carbocycles. The largest absolute Gasteiger partial charge is 0.469 e. The maximum atomic E-state index is 11.6. The van der Waals surface area contributed by atoms with E-state index in [0.717, 1.165) is 5.69 Å². The minimum Gasteiger partial charge on any atom is -0.469 e. The normalized spacial score (nSPS) is 14.5. The van der Waals surface area contributed by atoms with Gasteiger partial charge in [-0.25, -0.2) is 0 Å². The van der Waals surface area contributed by atoms with Gasteiger partial charge in [-0.05, 0) is 24.5 Å². The zero-order chi connectivity index (χ0) is 13.0. The SMILES string of the molecule is COC(=O)C(C(C)C)C(O)c1ccc(C)nc1. The van der Waals surface area contributed by atoms with Gasteiger partial charge in [-0.3, -0.25) is 9.78 Å². The average Bonchev–Trinajstić information content (AvgIpc) is 2.29. The van der Waals surface area contributed by atoms with E-state index >= 15 is 0 Å². The third kappa shape index (κ3) is 3.27. The molecule has 1 heterocycles. The van der Waals surface area contributed by atoms with Gasteiger partial charge in [0.2, 0.25) is 0 Å². The molecule has 2 atom stereocenters. The highest BCUT2D eigenvalue weighted by Crippen LogP contribution is 2.28. The summed E-state index contributed by atoms with van der Waals surface area (Å²) in [5.41, 5.74) is 1.51. The van der Waals surface area contributed by atoms with Crippen LogP contribution in [-0.2, 0) is 9.53 Å². The van der Waals surface area contributed by atoms with Crippen LogP contribution in [0.15, 0.2) is 18.3 Å². The van der Waals surface area contributed by atoms with Crippen LogP contribution < -0.4 is 0 Å². The van der Waals surface area contributed by atoms with E-state index < -0.39 is 18.0 Å². The van der Waals surface area contributed by atoms with Gasteiger partial charge in [0.15, 0.2) is 0 Å². The number of pyridine rings is 1. The van der Waals surface area contributed by atoms with Crippen LogP contribution in [0.25, 0.3) is 0 Å². The van der Waals surface area contributed by atoms with Crippen molar-refractivity contribution in [3.8, 4) is 0 Å². The molecule has 0 spiro atoms. The van der Waals surface area contributed by atoms with Crippen LogP contribution in [0.2, 0.25) is 0 Å². The Kier molecular flexibility index (Phi) is 4.63. The van der Waals surface area contributed by atoms with Crippen molar-refractivity contribution in [2.24, 2.45) is 11.8 Å². The average molecular weight is 237 g/mol. The Labute approximate surface area is 102 Å². The lowest BCUT2D eigenvalue weighted by Gasteiger charge is -2.24. The molecule has 0 amide bonds. The molecule has 0 aliphatic rings. The van der Waals surface area contributed by atoms with Crippen LogP contribution in [0, 0.1) is 18.8 Å². The molecule has 94 valence electrons. The summed E-state index contributed by atoms with van der Waals surface area (Å²) in [4.78, 5) is 15.7. The molecule has 4 nitrogen and oxygen atoms in total. The number of rotatable bonds is 4. The first-order valence-corrected chi connectivity index (χ1v) is 5.65. The summed E-state index contributed by atoms with van der Waals surface area (Å²) >= 11 is 0. The molecule has 0 saturated heterocycles. The Morgan fingerprint density at radius 1 is 1.41 bits per heavy atom. The molecule has 2 unspecified atom stereocenters. The molecular weight excluding hydrogens is 218 g/mol. The predicted molar refractivity (Wildman–Crippen MR) is 64.3 cm³/mol. The fraction of sp³-hybridized carbons (Fsp3) is 0.538. The third-order valence-electron chi connectivity index (χ3n) is 2.81. The number of aryl methyl sites for hydroxylation is 1. The predicted octanol–water partition coefficient (Wildman–Crippen LogP) is 1.87. The van der Waals surface area contributed by atoms with E-state index in [4.69, 9.17) is 4.74 Å². The van der Waals surface area contributed by atoms with Gasteiger partial charge in [-0.15, -0.1) is 0 Å². The van der Waals surface area contributed by atoms with Gasteiger partial charge < -0.3 is 9.84 Å². The third-order valence-corrected chi connectivity index (χ3v) is 2.81. The topological polar surface area (TPSA) is 59.4 Å². The van der Waals surface area contributed by atoms with E-state index in [2.05, 4.69) is 4.98 Å². The fourth-order valence-electron chi connectivity index (χ4n) is 1.76. The van der Waals surface area contributed by atoms with Gasteiger partial charge in [0.05, 0.1) is 19.1 Å². The zero-order valence-electron chi connectivity index (χ0n) is 10.7. The minimum absolute atomic E-state index is 0.00115. The van der Waals surface area contributed by atoms with E-state index in [0.29, 0.717) is 5.56 Å². The summed E-state index contributed by atoms with van der Waals surface area (Å²) in [6.07, 6.45) is 0.716. The van der Waals surface area contributed by atoms with Crippen molar-refractivity contribution < 1.29 is 14.6 Å². The van der Waals surface area contributed by atoms with E-state index in [-0.39, 0.29) is 5.92 Å². The molecule has 4 heteroatoms. The minimum atomic E-state index is -0.879. The molecule has 1 aromatic heterocycles. The number of hydrogen-bond donors (Lipinski definition) is 1. The molecule has 0 aliphatic heterocycles. The van der Waals surface area contributed by atoms with Gasteiger partial charge in [0.1, 0.15) is 0 Å². The number of hydrogen-bond acceptors (Lipinski definition) is 4. The number of carbonyl (C=O) groups excluding carboxylic acids is 1. The lowest BCUT2D eigenvalue weighted by molar-refractivity contribution is -0.152. The van der Waals surface area contributed by atoms with Crippen molar-refractivity contribution in [2.45, 2.75) is 26.9 Å². The second-order valence-corrected chi connectivity index (χ2v) is 4.47. The van der Waals surface area contributed by atoms with E-state index in [9.17, 15) is 9.90 Å². The van der Waals surface area contributed by atoms with Crippen LogP contribution in [-0.4, -0.2) is 23.2 Å². The van der Waals surface area contributed by atoms with E-state index in [1.807, 2.05) is 26.8 Å². The number of aliphatic hydroxyl groups is 1. The molecule has 17 heavy (non-hydrogen) atoms.